The van der Waals surface area contributed by atoms with E-state index in [4.69, 9.17) is 5.11 Å². The molecule has 6 heteroatoms. The van der Waals surface area contributed by atoms with Crippen LogP contribution in [0.2, 0.25) is 0 Å². The van der Waals surface area contributed by atoms with Crippen LogP contribution in [0.25, 0.3) is 0 Å². The first-order valence-electron chi connectivity index (χ1n) is 5.15. The summed E-state index contributed by atoms with van der Waals surface area (Å²) in [5.74, 6) is -0.985. The van der Waals surface area contributed by atoms with Crippen molar-refractivity contribution in [3.05, 3.63) is 23.3 Å². The zero-order valence-electron chi connectivity index (χ0n) is 10.3. The number of carboxylic acid groups (broad SMARTS) is 1. The average Bonchev–Trinajstić information content (AvgIpc) is 2.24. The van der Waals surface area contributed by atoms with Gasteiger partial charge in [0.2, 0.25) is 0 Å². The normalized spacial score (nSPS) is 12.0. The maximum Gasteiger partial charge on any atom is 0.326 e. The SMILES string of the molecule is Cc1cc(C(=O)N(C)C(C)C(=O)O)nc(C)n1. The third kappa shape index (κ3) is 2.99. The second-order valence-corrected chi connectivity index (χ2v) is 3.87. The fourth-order valence-corrected chi connectivity index (χ4v) is 1.35. The Hall–Kier alpha value is -1.98. The predicted molar refractivity (Wildman–Crippen MR) is 60.7 cm³/mol. The first kappa shape index (κ1) is 13.1. The lowest BCUT2D eigenvalue weighted by Gasteiger charge is -2.21. The summed E-state index contributed by atoms with van der Waals surface area (Å²) in [6.07, 6.45) is 0. The zero-order chi connectivity index (χ0) is 13.2. The van der Waals surface area contributed by atoms with Crippen LogP contribution in [-0.4, -0.2) is 44.9 Å². The van der Waals surface area contributed by atoms with Crippen molar-refractivity contribution in [1.29, 1.82) is 0 Å². The third-order valence-corrected chi connectivity index (χ3v) is 2.44. The summed E-state index contributed by atoms with van der Waals surface area (Å²) < 4.78 is 0. The summed E-state index contributed by atoms with van der Waals surface area (Å²) in [5, 5.41) is 8.83. The molecule has 0 radical (unpaired) electrons. The van der Waals surface area contributed by atoms with Crippen molar-refractivity contribution in [1.82, 2.24) is 14.9 Å². The number of aliphatic carboxylic acids is 1. The van der Waals surface area contributed by atoms with Crippen LogP contribution in [0.4, 0.5) is 0 Å². The minimum absolute atomic E-state index is 0.214. The van der Waals surface area contributed by atoms with Crippen LogP contribution in [0, 0.1) is 13.8 Å². The van der Waals surface area contributed by atoms with Crippen LogP contribution in [0.1, 0.15) is 28.9 Å². The van der Waals surface area contributed by atoms with Crippen molar-refractivity contribution in [2.75, 3.05) is 7.05 Å². The molecule has 1 rings (SSSR count). The standard InChI is InChI=1S/C11H15N3O3/c1-6-5-9(13-8(3)12-6)10(15)14(4)7(2)11(16)17/h5,7H,1-4H3,(H,16,17). The maximum atomic E-state index is 12.0. The van der Waals surface area contributed by atoms with E-state index in [-0.39, 0.29) is 5.69 Å². The van der Waals surface area contributed by atoms with E-state index in [0.717, 1.165) is 4.90 Å². The van der Waals surface area contributed by atoms with Crippen molar-refractivity contribution in [3.8, 4) is 0 Å². The quantitative estimate of drug-likeness (QED) is 0.834. The first-order chi connectivity index (χ1) is 7.82. The number of hydrogen-bond donors (Lipinski definition) is 1. The van der Waals surface area contributed by atoms with Gasteiger partial charge in [0.05, 0.1) is 0 Å². The summed E-state index contributed by atoms with van der Waals surface area (Å²) in [6.45, 7) is 4.89. The Labute approximate surface area is 99.3 Å². The molecule has 1 aromatic rings. The number of likely N-dealkylation sites (N-methyl/N-ethyl adjacent to an activating group) is 1. The molecular weight excluding hydrogens is 222 g/mol. The molecule has 1 N–H and O–H groups in total. The van der Waals surface area contributed by atoms with Gasteiger partial charge in [-0.1, -0.05) is 0 Å². The molecule has 1 unspecified atom stereocenters. The Morgan fingerprint density at radius 3 is 2.41 bits per heavy atom. The lowest BCUT2D eigenvalue weighted by atomic mass is 10.2. The van der Waals surface area contributed by atoms with Crippen LogP contribution in [0.5, 0.6) is 0 Å². The molecule has 1 heterocycles. The van der Waals surface area contributed by atoms with Gasteiger partial charge in [-0.05, 0) is 26.8 Å². The Kier molecular flexibility index (Phi) is 3.77. The Morgan fingerprint density at radius 2 is 1.94 bits per heavy atom. The highest BCUT2D eigenvalue weighted by atomic mass is 16.4. The first-order valence-corrected chi connectivity index (χ1v) is 5.15. The van der Waals surface area contributed by atoms with Crippen LogP contribution in [0.3, 0.4) is 0 Å². The largest absolute Gasteiger partial charge is 0.480 e. The van der Waals surface area contributed by atoms with E-state index in [0.29, 0.717) is 11.5 Å². The highest BCUT2D eigenvalue weighted by molar-refractivity contribution is 5.94. The number of carbonyl (C=O) groups is 2. The van der Waals surface area contributed by atoms with Gasteiger partial charge in [0.1, 0.15) is 17.6 Å². The average molecular weight is 237 g/mol. The lowest BCUT2D eigenvalue weighted by Crippen LogP contribution is -2.40. The van der Waals surface area contributed by atoms with Gasteiger partial charge in [0, 0.05) is 12.7 Å². The highest BCUT2D eigenvalue weighted by Gasteiger charge is 2.23. The van der Waals surface area contributed by atoms with E-state index in [2.05, 4.69) is 9.97 Å². The minimum atomic E-state index is -1.05. The van der Waals surface area contributed by atoms with E-state index >= 15 is 0 Å². The molecule has 0 saturated heterocycles. The van der Waals surface area contributed by atoms with Crippen LogP contribution >= 0.6 is 0 Å². The molecule has 1 atom stereocenters. The second kappa shape index (κ2) is 4.90. The zero-order valence-corrected chi connectivity index (χ0v) is 10.3. The third-order valence-electron chi connectivity index (χ3n) is 2.44. The molecule has 0 aliphatic carbocycles. The smallest absolute Gasteiger partial charge is 0.326 e. The van der Waals surface area contributed by atoms with Crippen molar-refractivity contribution in [2.45, 2.75) is 26.8 Å². The maximum absolute atomic E-state index is 12.0. The van der Waals surface area contributed by atoms with E-state index in [1.165, 1.54) is 14.0 Å². The van der Waals surface area contributed by atoms with Gasteiger partial charge in [-0.15, -0.1) is 0 Å². The fourth-order valence-electron chi connectivity index (χ4n) is 1.35. The van der Waals surface area contributed by atoms with Crippen LogP contribution in [0.15, 0.2) is 6.07 Å². The summed E-state index contributed by atoms with van der Waals surface area (Å²) >= 11 is 0. The molecule has 1 aromatic heterocycles. The van der Waals surface area contributed by atoms with Gasteiger partial charge in [0.25, 0.3) is 5.91 Å². The Bertz CT molecular complexity index is 439. The number of carboxylic acids is 1. The van der Waals surface area contributed by atoms with Crippen molar-refractivity contribution >= 4 is 11.9 Å². The molecule has 0 spiro atoms. The Morgan fingerprint density at radius 1 is 1.35 bits per heavy atom. The minimum Gasteiger partial charge on any atom is -0.480 e. The second-order valence-electron chi connectivity index (χ2n) is 3.87. The van der Waals surface area contributed by atoms with Crippen molar-refractivity contribution in [2.24, 2.45) is 0 Å². The van der Waals surface area contributed by atoms with Gasteiger partial charge in [-0.2, -0.15) is 0 Å². The van der Waals surface area contributed by atoms with Gasteiger partial charge in [0.15, 0.2) is 0 Å². The molecule has 0 aliphatic heterocycles. The van der Waals surface area contributed by atoms with Crippen molar-refractivity contribution < 1.29 is 14.7 Å². The van der Waals surface area contributed by atoms with Crippen molar-refractivity contribution in [3.63, 3.8) is 0 Å². The topological polar surface area (TPSA) is 83.4 Å². The molecule has 92 valence electrons. The molecule has 0 aromatic carbocycles. The molecule has 17 heavy (non-hydrogen) atoms. The fraction of sp³-hybridized carbons (Fsp3) is 0.455. The molecule has 0 bridgehead atoms. The number of aromatic nitrogens is 2. The molecule has 6 nitrogen and oxygen atoms in total. The molecule has 0 fully saturated rings. The predicted octanol–water partition coefficient (Wildman–Crippen LogP) is 0.639. The summed E-state index contributed by atoms with van der Waals surface area (Å²) in [4.78, 5) is 32.0. The Balaban J connectivity index is 3.00. The van der Waals surface area contributed by atoms with E-state index in [1.54, 1.807) is 19.9 Å². The van der Waals surface area contributed by atoms with Gasteiger partial charge >= 0.3 is 5.97 Å². The number of rotatable bonds is 3. The monoisotopic (exact) mass is 237 g/mol. The summed E-state index contributed by atoms with van der Waals surface area (Å²) in [5.41, 5.74) is 0.892. The van der Waals surface area contributed by atoms with E-state index < -0.39 is 17.9 Å². The number of aryl methyl sites for hydroxylation is 2. The molecule has 0 aliphatic rings. The van der Waals surface area contributed by atoms with Crippen LogP contribution < -0.4 is 0 Å². The molecular formula is C11H15N3O3. The molecule has 0 saturated carbocycles. The summed E-state index contributed by atoms with van der Waals surface area (Å²) in [6, 6.07) is 0.651. The number of amides is 1. The number of nitrogens with zero attached hydrogens (tertiary/aromatic N) is 3. The number of hydrogen-bond acceptors (Lipinski definition) is 4. The van der Waals surface area contributed by atoms with Crippen LogP contribution in [-0.2, 0) is 4.79 Å². The van der Waals surface area contributed by atoms with E-state index in [9.17, 15) is 9.59 Å². The lowest BCUT2D eigenvalue weighted by molar-refractivity contribution is -0.141. The molecule has 1 amide bonds. The number of carbonyl (C=O) groups excluding carboxylic acids is 1. The summed E-state index contributed by atoms with van der Waals surface area (Å²) in [7, 11) is 1.44. The van der Waals surface area contributed by atoms with Gasteiger partial charge in [-0.3, -0.25) is 4.79 Å². The van der Waals surface area contributed by atoms with Gasteiger partial charge < -0.3 is 10.0 Å². The van der Waals surface area contributed by atoms with Gasteiger partial charge in [-0.25, -0.2) is 14.8 Å². The van der Waals surface area contributed by atoms with E-state index in [1.807, 2.05) is 0 Å². The highest BCUT2D eigenvalue weighted by Crippen LogP contribution is 2.06.